The third kappa shape index (κ3) is 2.25. The average Bonchev–Trinajstić information content (AvgIpc) is 2.89. The molecule has 0 saturated heterocycles. The van der Waals surface area contributed by atoms with Crippen LogP contribution in [0.15, 0.2) is 59.1 Å². The van der Waals surface area contributed by atoms with E-state index in [1.165, 1.54) is 6.07 Å². The van der Waals surface area contributed by atoms with Crippen LogP contribution in [-0.4, -0.2) is 5.16 Å². The topological polar surface area (TPSA) is 26.0 Å². The first-order valence-electron chi connectivity index (χ1n) is 5.72. The van der Waals surface area contributed by atoms with Gasteiger partial charge < -0.3 is 4.52 Å². The van der Waals surface area contributed by atoms with E-state index in [4.69, 9.17) is 16.1 Å². The zero-order valence-electron chi connectivity index (χ0n) is 9.81. The second-order valence-electron chi connectivity index (χ2n) is 4.04. The minimum Gasteiger partial charge on any atom is -0.356 e. The van der Waals surface area contributed by atoms with Gasteiger partial charge >= 0.3 is 0 Å². The van der Waals surface area contributed by atoms with E-state index in [9.17, 15) is 4.39 Å². The van der Waals surface area contributed by atoms with Gasteiger partial charge in [-0.25, -0.2) is 4.39 Å². The Bertz CT molecular complexity index is 663. The minimum absolute atomic E-state index is 0.332. The molecule has 0 aliphatic carbocycles. The van der Waals surface area contributed by atoms with E-state index in [1.54, 1.807) is 30.3 Å². The molecule has 3 aromatic rings. The number of aromatic nitrogens is 1. The molecule has 0 bridgehead atoms. The molecule has 0 amide bonds. The lowest BCUT2D eigenvalue weighted by Gasteiger charge is -1.97. The van der Waals surface area contributed by atoms with E-state index >= 15 is 0 Å². The van der Waals surface area contributed by atoms with Crippen LogP contribution in [0.1, 0.15) is 0 Å². The Labute approximate surface area is 114 Å². The van der Waals surface area contributed by atoms with Crippen LogP contribution in [0.4, 0.5) is 4.39 Å². The Balaban J connectivity index is 2.06. The molecule has 94 valence electrons. The predicted molar refractivity (Wildman–Crippen MR) is 72.3 cm³/mol. The highest BCUT2D eigenvalue weighted by Crippen LogP contribution is 2.31. The van der Waals surface area contributed by atoms with Gasteiger partial charge in [0.25, 0.3) is 0 Å². The molecular formula is C15H9ClFNO. The van der Waals surface area contributed by atoms with E-state index in [0.717, 1.165) is 5.56 Å². The van der Waals surface area contributed by atoms with E-state index in [-0.39, 0.29) is 5.82 Å². The maximum absolute atomic E-state index is 13.7. The van der Waals surface area contributed by atoms with Gasteiger partial charge in [-0.3, -0.25) is 0 Å². The predicted octanol–water partition coefficient (Wildman–Crippen LogP) is 4.80. The Morgan fingerprint density at radius 3 is 2.37 bits per heavy atom. The van der Waals surface area contributed by atoms with Gasteiger partial charge in [-0.05, 0) is 24.3 Å². The van der Waals surface area contributed by atoms with Crippen LogP contribution in [0.3, 0.4) is 0 Å². The second kappa shape index (κ2) is 4.86. The summed E-state index contributed by atoms with van der Waals surface area (Å²) in [6, 6.07) is 15.4. The van der Waals surface area contributed by atoms with Gasteiger partial charge in [0.15, 0.2) is 5.76 Å². The van der Waals surface area contributed by atoms with Crippen molar-refractivity contribution in [2.75, 3.05) is 0 Å². The van der Waals surface area contributed by atoms with Crippen LogP contribution in [0.5, 0.6) is 0 Å². The third-order valence-corrected chi connectivity index (χ3v) is 3.13. The molecule has 4 heteroatoms. The van der Waals surface area contributed by atoms with Crippen molar-refractivity contribution in [1.82, 2.24) is 5.16 Å². The van der Waals surface area contributed by atoms with Crippen LogP contribution in [-0.2, 0) is 0 Å². The fourth-order valence-corrected chi connectivity index (χ4v) is 2.09. The summed E-state index contributed by atoms with van der Waals surface area (Å²) in [6.45, 7) is 0. The molecule has 0 aliphatic heterocycles. The number of hydrogen-bond donors (Lipinski definition) is 0. The molecule has 0 fully saturated rings. The molecule has 0 saturated carbocycles. The summed E-state index contributed by atoms with van der Waals surface area (Å²) in [5.74, 6) is 0.186. The monoisotopic (exact) mass is 273 g/mol. The van der Waals surface area contributed by atoms with E-state index in [1.807, 2.05) is 18.2 Å². The van der Waals surface area contributed by atoms with Crippen molar-refractivity contribution in [3.63, 3.8) is 0 Å². The summed E-state index contributed by atoms with van der Waals surface area (Å²) in [6.07, 6.45) is 0. The summed E-state index contributed by atoms with van der Waals surface area (Å²) in [7, 11) is 0. The molecule has 0 unspecified atom stereocenters. The molecule has 2 nitrogen and oxygen atoms in total. The quantitative estimate of drug-likeness (QED) is 0.670. The van der Waals surface area contributed by atoms with Gasteiger partial charge in [0.05, 0.1) is 5.02 Å². The van der Waals surface area contributed by atoms with Gasteiger partial charge in [-0.2, -0.15) is 0 Å². The number of benzene rings is 2. The van der Waals surface area contributed by atoms with E-state index < -0.39 is 0 Å². The average molecular weight is 274 g/mol. The maximum atomic E-state index is 13.7. The van der Waals surface area contributed by atoms with Crippen LogP contribution in [0.2, 0.25) is 5.02 Å². The lowest BCUT2D eigenvalue weighted by Crippen LogP contribution is -1.82. The van der Waals surface area contributed by atoms with Crippen molar-refractivity contribution >= 4 is 11.6 Å². The third-order valence-electron chi connectivity index (χ3n) is 2.80. The molecule has 1 heterocycles. The zero-order chi connectivity index (χ0) is 13.2. The summed E-state index contributed by atoms with van der Waals surface area (Å²) >= 11 is 6.08. The second-order valence-corrected chi connectivity index (χ2v) is 4.44. The Morgan fingerprint density at radius 2 is 1.63 bits per heavy atom. The molecule has 1 aromatic heterocycles. The lowest BCUT2D eigenvalue weighted by atomic mass is 10.1. The first-order valence-corrected chi connectivity index (χ1v) is 6.10. The van der Waals surface area contributed by atoms with Crippen molar-refractivity contribution in [1.29, 1.82) is 0 Å². The van der Waals surface area contributed by atoms with Gasteiger partial charge in [0.2, 0.25) is 0 Å². The highest BCUT2D eigenvalue weighted by Gasteiger charge is 2.13. The van der Waals surface area contributed by atoms with Crippen LogP contribution in [0, 0.1) is 5.82 Å². The van der Waals surface area contributed by atoms with Gasteiger partial charge in [0, 0.05) is 17.2 Å². The van der Waals surface area contributed by atoms with E-state index in [0.29, 0.717) is 22.0 Å². The highest BCUT2D eigenvalue weighted by atomic mass is 35.5. The largest absolute Gasteiger partial charge is 0.356 e. The zero-order valence-corrected chi connectivity index (χ0v) is 10.6. The van der Waals surface area contributed by atoms with Crippen molar-refractivity contribution in [3.8, 4) is 22.6 Å². The summed E-state index contributed by atoms with van der Waals surface area (Å²) in [5.41, 5.74) is 1.59. The van der Waals surface area contributed by atoms with Gasteiger partial charge in [-0.1, -0.05) is 41.0 Å². The van der Waals surface area contributed by atoms with E-state index in [2.05, 4.69) is 5.16 Å². The molecule has 0 spiro atoms. The highest BCUT2D eigenvalue weighted by molar-refractivity contribution is 6.33. The van der Waals surface area contributed by atoms with Crippen LogP contribution >= 0.6 is 11.6 Å². The van der Waals surface area contributed by atoms with Gasteiger partial charge in [0.1, 0.15) is 11.5 Å². The molecule has 19 heavy (non-hydrogen) atoms. The Kier molecular flexibility index (Phi) is 3.05. The van der Waals surface area contributed by atoms with Crippen molar-refractivity contribution in [2.45, 2.75) is 0 Å². The fraction of sp³-hybridized carbons (Fsp3) is 0. The first-order chi connectivity index (χ1) is 9.25. The summed E-state index contributed by atoms with van der Waals surface area (Å²) in [5, 5.41) is 4.46. The number of hydrogen-bond acceptors (Lipinski definition) is 2. The van der Waals surface area contributed by atoms with Crippen molar-refractivity contribution < 1.29 is 8.91 Å². The first kappa shape index (κ1) is 11.9. The van der Waals surface area contributed by atoms with Gasteiger partial charge in [-0.15, -0.1) is 0 Å². The molecule has 0 atom stereocenters. The van der Waals surface area contributed by atoms with Crippen LogP contribution < -0.4 is 0 Å². The minimum atomic E-state index is -0.332. The molecular weight excluding hydrogens is 265 g/mol. The molecule has 0 radical (unpaired) electrons. The smallest absolute Gasteiger partial charge is 0.168 e. The maximum Gasteiger partial charge on any atom is 0.168 e. The normalized spacial score (nSPS) is 10.6. The molecule has 0 N–H and O–H groups in total. The Morgan fingerprint density at radius 1 is 0.947 bits per heavy atom. The molecule has 2 aromatic carbocycles. The van der Waals surface area contributed by atoms with Crippen molar-refractivity contribution in [3.05, 3.63) is 65.4 Å². The number of halogens is 2. The SMILES string of the molecule is Fc1ccccc1-c1cc(-c2ccccc2Cl)on1. The molecule has 0 aliphatic rings. The number of nitrogens with zero attached hydrogens (tertiary/aromatic N) is 1. The standard InChI is InChI=1S/C15H9ClFNO/c16-12-7-3-1-5-10(12)15-9-14(18-19-15)11-6-2-4-8-13(11)17/h1-9H. The lowest BCUT2D eigenvalue weighted by molar-refractivity contribution is 0.434. The summed E-state index contributed by atoms with van der Waals surface area (Å²) in [4.78, 5) is 0. The molecule has 3 rings (SSSR count). The number of rotatable bonds is 2. The fourth-order valence-electron chi connectivity index (χ4n) is 1.86. The van der Waals surface area contributed by atoms with Crippen LogP contribution in [0.25, 0.3) is 22.6 Å². The Hall–Kier alpha value is -2.13. The van der Waals surface area contributed by atoms with Crippen molar-refractivity contribution in [2.24, 2.45) is 0 Å². The summed E-state index contributed by atoms with van der Waals surface area (Å²) < 4.78 is 18.9.